The van der Waals surface area contributed by atoms with Crippen LogP contribution in [-0.2, 0) is 28.6 Å². The minimum absolute atomic E-state index is 0.0843. The summed E-state index contributed by atoms with van der Waals surface area (Å²) in [5, 5.41) is 0. The van der Waals surface area contributed by atoms with Crippen molar-refractivity contribution in [1.29, 1.82) is 0 Å². The lowest BCUT2D eigenvalue weighted by Crippen LogP contribution is -2.30. The standard InChI is InChI=1S/C77H130O6/c1-4-7-10-13-16-19-22-25-28-31-34-36-37-38-39-41-43-46-49-52-55-58-61-64-67-70-76(79)82-73-74(72-81-75(78)69-66-63-60-57-54-51-48-45-42-33-30-27-24-21-18-15-12-9-6-3)83-77(80)71-68-65-62-59-56-53-50-47-44-40-35-32-29-26-23-20-17-14-11-8-5-2/h7-8,10-11,16-21,25-30,34-36,40,74H,4-6,9,12-15,22-24,31-33,37-39,41-73H2,1-3H3/b10-7-,11-8-,19-16-,20-17-,21-18-,28-25-,29-26-,30-27-,36-34-,40-35-. The quantitative estimate of drug-likeness (QED) is 0.0261. The van der Waals surface area contributed by atoms with Crippen molar-refractivity contribution in [2.24, 2.45) is 0 Å². The molecule has 0 fully saturated rings. The first kappa shape index (κ1) is 78.8. The van der Waals surface area contributed by atoms with Crippen LogP contribution in [0.1, 0.15) is 329 Å². The van der Waals surface area contributed by atoms with Crippen LogP contribution in [0.3, 0.4) is 0 Å². The Morgan fingerprint density at radius 2 is 0.470 bits per heavy atom. The fraction of sp³-hybridized carbons (Fsp3) is 0.701. The number of carbonyl (C=O) groups is 3. The van der Waals surface area contributed by atoms with Gasteiger partial charge in [0.05, 0.1) is 0 Å². The number of hydrogen-bond donors (Lipinski definition) is 0. The number of allylic oxidation sites excluding steroid dienone is 20. The topological polar surface area (TPSA) is 78.9 Å². The van der Waals surface area contributed by atoms with Gasteiger partial charge in [-0.15, -0.1) is 0 Å². The van der Waals surface area contributed by atoms with Crippen LogP contribution in [0.2, 0.25) is 0 Å². The molecule has 6 heteroatoms. The minimum atomic E-state index is -0.790. The van der Waals surface area contributed by atoms with E-state index in [1.165, 1.54) is 167 Å². The van der Waals surface area contributed by atoms with Crippen molar-refractivity contribution in [1.82, 2.24) is 0 Å². The summed E-state index contributed by atoms with van der Waals surface area (Å²) in [6.45, 7) is 6.41. The number of carbonyl (C=O) groups excluding carboxylic acids is 3. The van der Waals surface area contributed by atoms with E-state index in [4.69, 9.17) is 14.2 Å². The second-order valence-electron chi connectivity index (χ2n) is 23.0. The molecule has 83 heavy (non-hydrogen) atoms. The van der Waals surface area contributed by atoms with Crippen molar-refractivity contribution in [3.63, 3.8) is 0 Å². The van der Waals surface area contributed by atoms with Gasteiger partial charge in [0, 0.05) is 19.3 Å². The van der Waals surface area contributed by atoms with Crippen LogP contribution in [0.4, 0.5) is 0 Å². The van der Waals surface area contributed by atoms with Gasteiger partial charge in [-0.05, 0) is 128 Å². The molecule has 0 aromatic heterocycles. The van der Waals surface area contributed by atoms with Crippen molar-refractivity contribution in [3.8, 4) is 0 Å². The Balaban J connectivity index is 4.39. The Morgan fingerprint density at radius 3 is 0.735 bits per heavy atom. The summed E-state index contributed by atoms with van der Waals surface area (Å²) in [4.78, 5) is 38.5. The highest BCUT2D eigenvalue weighted by Crippen LogP contribution is 2.17. The molecule has 0 N–H and O–H groups in total. The second-order valence-corrected chi connectivity index (χ2v) is 23.0. The van der Waals surface area contributed by atoms with E-state index in [-0.39, 0.29) is 31.1 Å². The molecule has 0 aliphatic heterocycles. The van der Waals surface area contributed by atoms with E-state index >= 15 is 0 Å². The molecule has 0 saturated heterocycles. The summed E-state index contributed by atoms with van der Waals surface area (Å²) in [6.07, 6.45) is 97.8. The smallest absolute Gasteiger partial charge is 0.306 e. The lowest BCUT2D eigenvalue weighted by atomic mass is 10.0. The fourth-order valence-electron chi connectivity index (χ4n) is 9.75. The van der Waals surface area contributed by atoms with Crippen LogP contribution in [0.15, 0.2) is 122 Å². The molecule has 0 bridgehead atoms. The zero-order valence-electron chi connectivity index (χ0n) is 54.4. The van der Waals surface area contributed by atoms with Gasteiger partial charge in [-0.25, -0.2) is 0 Å². The predicted octanol–water partition coefficient (Wildman–Crippen LogP) is 24.3. The molecule has 0 aliphatic rings. The molecule has 0 radical (unpaired) electrons. The van der Waals surface area contributed by atoms with Gasteiger partial charge in [0.15, 0.2) is 6.10 Å². The van der Waals surface area contributed by atoms with E-state index in [1.807, 2.05) is 0 Å². The van der Waals surface area contributed by atoms with Crippen LogP contribution in [-0.4, -0.2) is 37.2 Å². The van der Waals surface area contributed by atoms with Crippen LogP contribution in [0, 0.1) is 0 Å². The Bertz CT molecular complexity index is 1700. The van der Waals surface area contributed by atoms with Crippen LogP contribution in [0.25, 0.3) is 0 Å². The number of ether oxygens (including phenoxy) is 3. The Morgan fingerprint density at radius 1 is 0.253 bits per heavy atom. The Kier molecular flexibility index (Phi) is 66.7. The molecule has 474 valence electrons. The second kappa shape index (κ2) is 70.3. The van der Waals surface area contributed by atoms with Crippen molar-refractivity contribution in [2.75, 3.05) is 13.2 Å². The maximum atomic E-state index is 13.0. The predicted molar refractivity (Wildman–Crippen MR) is 362 cm³/mol. The zero-order valence-corrected chi connectivity index (χ0v) is 54.4. The monoisotopic (exact) mass is 1150 g/mol. The fourth-order valence-corrected chi connectivity index (χ4v) is 9.75. The van der Waals surface area contributed by atoms with E-state index in [0.29, 0.717) is 19.3 Å². The van der Waals surface area contributed by atoms with Gasteiger partial charge in [-0.2, -0.15) is 0 Å². The summed E-state index contributed by atoms with van der Waals surface area (Å²) in [5.74, 6) is -0.886. The molecule has 1 unspecified atom stereocenters. The highest BCUT2D eigenvalue weighted by Gasteiger charge is 2.19. The SMILES string of the molecule is CC/C=C\C/C=C\C/C=C\C/C=C\CCCCCCCCCCCCCCC(=O)OCC(COC(=O)CCCCCCCCCCC/C=C\C/C=C\CCCCC)OC(=O)CCCCCCCCCC/C=C\C/C=C\C/C=C\C/C=C\CC. The third kappa shape index (κ3) is 68.5. The molecule has 1 atom stereocenters. The van der Waals surface area contributed by atoms with Crippen LogP contribution < -0.4 is 0 Å². The van der Waals surface area contributed by atoms with Crippen molar-refractivity contribution >= 4 is 17.9 Å². The zero-order chi connectivity index (χ0) is 59.9. The molecule has 0 aromatic carbocycles. The summed E-state index contributed by atoms with van der Waals surface area (Å²) in [7, 11) is 0. The highest BCUT2D eigenvalue weighted by molar-refractivity contribution is 5.71. The number of unbranched alkanes of at least 4 members (excludes halogenated alkanes) is 32. The molecular formula is C77H130O6. The van der Waals surface area contributed by atoms with E-state index in [9.17, 15) is 14.4 Å². The third-order valence-electron chi connectivity index (χ3n) is 14.9. The van der Waals surface area contributed by atoms with E-state index in [1.54, 1.807) is 0 Å². The first-order valence-electron chi connectivity index (χ1n) is 35.0. The van der Waals surface area contributed by atoms with E-state index in [0.717, 1.165) is 122 Å². The molecule has 0 heterocycles. The van der Waals surface area contributed by atoms with Gasteiger partial charge in [0.1, 0.15) is 13.2 Å². The highest BCUT2D eigenvalue weighted by atomic mass is 16.6. The maximum Gasteiger partial charge on any atom is 0.306 e. The van der Waals surface area contributed by atoms with Gasteiger partial charge in [0.2, 0.25) is 0 Å². The van der Waals surface area contributed by atoms with Gasteiger partial charge in [0.25, 0.3) is 0 Å². The molecule has 0 saturated carbocycles. The van der Waals surface area contributed by atoms with Crippen molar-refractivity contribution in [2.45, 2.75) is 335 Å². The molecule has 0 aromatic rings. The largest absolute Gasteiger partial charge is 0.462 e. The van der Waals surface area contributed by atoms with Gasteiger partial charge >= 0.3 is 17.9 Å². The Labute approximate surface area is 513 Å². The molecule has 0 spiro atoms. The molecular weight excluding hydrogens is 1020 g/mol. The number of rotatable bonds is 63. The van der Waals surface area contributed by atoms with Gasteiger partial charge in [-0.1, -0.05) is 303 Å². The lowest BCUT2D eigenvalue weighted by molar-refractivity contribution is -0.167. The summed E-state index contributed by atoms with van der Waals surface area (Å²) in [5.41, 5.74) is 0. The number of esters is 3. The average Bonchev–Trinajstić information content (AvgIpc) is 3.50. The van der Waals surface area contributed by atoms with E-state index in [2.05, 4.69) is 142 Å². The molecule has 6 nitrogen and oxygen atoms in total. The maximum absolute atomic E-state index is 13.0. The average molecular weight is 1150 g/mol. The summed E-state index contributed by atoms with van der Waals surface area (Å²) >= 11 is 0. The molecule has 0 amide bonds. The first-order chi connectivity index (χ1) is 41.0. The summed E-state index contributed by atoms with van der Waals surface area (Å²) in [6, 6.07) is 0. The first-order valence-corrected chi connectivity index (χ1v) is 35.0. The third-order valence-corrected chi connectivity index (χ3v) is 14.9. The van der Waals surface area contributed by atoms with Gasteiger partial charge < -0.3 is 14.2 Å². The number of hydrogen-bond acceptors (Lipinski definition) is 6. The van der Waals surface area contributed by atoms with Crippen LogP contribution in [0.5, 0.6) is 0 Å². The Hall–Kier alpha value is -4.19. The normalized spacial score (nSPS) is 12.9. The molecule has 0 rings (SSSR count). The van der Waals surface area contributed by atoms with Gasteiger partial charge in [-0.3, -0.25) is 14.4 Å². The van der Waals surface area contributed by atoms with Crippen molar-refractivity contribution < 1.29 is 28.6 Å². The van der Waals surface area contributed by atoms with Crippen molar-refractivity contribution in [3.05, 3.63) is 122 Å². The minimum Gasteiger partial charge on any atom is -0.462 e. The lowest BCUT2D eigenvalue weighted by Gasteiger charge is -2.18. The van der Waals surface area contributed by atoms with E-state index < -0.39 is 6.10 Å². The summed E-state index contributed by atoms with van der Waals surface area (Å²) < 4.78 is 17.0. The van der Waals surface area contributed by atoms with Crippen LogP contribution >= 0.6 is 0 Å². The molecule has 0 aliphatic carbocycles.